The number of benzene rings is 2. The third-order valence-electron chi connectivity index (χ3n) is 7.48. The number of unbranched alkanes of at least 4 members (excludes halogenated alkanes) is 1. The van der Waals surface area contributed by atoms with Crippen molar-refractivity contribution in [1.29, 1.82) is 0 Å². The summed E-state index contributed by atoms with van der Waals surface area (Å²) in [5.41, 5.74) is 2.79. The summed E-state index contributed by atoms with van der Waals surface area (Å²) in [5, 5.41) is 22.9. The van der Waals surface area contributed by atoms with Gasteiger partial charge in [0.2, 0.25) is 0 Å². The van der Waals surface area contributed by atoms with Crippen molar-refractivity contribution in [1.82, 2.24) is 14.9 Å². The molecule has 2 atom stereocenters. The number of carbonyl (C=O) groups excluding carboxylic acids is 1. The molecule has 38 heavy (non-hydrogen) atoms. The highest BCUT2D eigenvalue weighted by Crippen LogP contribution is 2.37. The van der Waals surface area contributed by atoms with E-state index in [-0.39, 0.29) is 23.4 Å². The Hall–Kier alpha value is -3.16. The number of hydrogen-bond acceptors (Lipinski definition) is 4. The van der Waals surface area contributed by atoms with Crippen LogP contribution in [0.4, 0.5) is 0 Å². The lowest BCUT2D eigenvalue weighted by Crippen LogP contribution is -2.32. The van der Waals surface area contributed by atoms with Crippen molar-refractivity contribution < 1.29 is 19.8 Å². The van der Waals surface area contributed by atoms with Gasteiger partial charge in [0.05, 0.1) is 18.6 Å². The van der Waals surface area contributed by atoms with Gasteiger partial charge in [0.1, 0.15) is 11.5 Å². The minimum atomic E-state index is -0.774. The number of aromatic nitrogens is 2. The molecule has 3 N–H and O–H groups in total. The molecule has 1 aliphatic rings. The molecule has 4 rings (SSSR count). The van der Waals surface area contributed by atoms with E-state index >= 15 is 0 Å². The van der Waals surface area contributed by atoms with Crippen molar-refractivity contribution >= 4 is 23.5 Å². The maximum Gasteiger partial charge on any atom is 0.311 e. The highest BCUT2D eigenvalue weighted by molar-refractivity contribution is 6.32. The Kier molecular flexibility index (Phi) is 9.58. The second-order valence-corrected chi connectivity index (χ2v) is 10.4. The number of nitrogens with one attached hydrogen (secondary N) is 1. The lowest BCUT2D eigenvalue weighted by atomic mass is 9.84. The maximum absolute atomic E-state index is 13.4. The van der Waals surface area contributed by atoms with Crippen LogP contribution in [0.2, 0.25) is 5.15 Å². The van der Waals surface area contributed by atoms with Crippen molar-refractivity contribution in [2.45, 2.75) is 70.4 Å². The highest BCUT2D eigenvalue weighted by atomic mass is 35.5. The number of halogens is 1. The minimum Gasteiger partial charge on any atom is -0.481 e. The van der Waals surface area contributed by atoms with E-state index in [0.717, 1.165) is 61.0 Å². The smallest absolute Gasteiger partial charge is 0.311 e. The van der Waals surface area contributed by atoms with Crippen LogP contribution in [0.5, 0.6) is 0 Å². The molecule has 0 radical (unpaired) electrons. The maximum atomic E-state index is 13.4. The summed E-state index contributed by atoms with van der Waals surface area (Å²) < 4.78 is 1.84. The second kappa shape index (κ2) is 13.1. The number of nitrogens with zero attached hydrogens (tertiary/aromatic N) is 2. The molecule has 8 heteroatoms. The van der Waals surface area contributed by atoms with Crippen LogP contribution in [0.1, 0.15) is 90.4 Å². The first-order valence-corrected chi connectivity index (χ1v) is 13.8. The van der Waals surface area contributed by atoms with Crippen molar-refractivity contribution in [2.75, 3.05) is 6.61 Å². The molecule has 1 aromatic heterocycles. The van der Waals surface area contributed by atoms with E-state index in [1.165, 1.54) is 0 Å². The van der Waals surface area contributed by atoms with Crippen molar-refractivity contribution in [3.05, 3.63) is 88.0 Å². The fraction of sp³-hybridized carbons (Fsp3) is 0.433. The molecule has 1 heterocycles. The van der Waals surface area contributed by atoms with Gasteiger partial charge in [0.15, 0.2) is 5.15 Å². The lowest BCUT2D eigenvalue weighted by molar-refractivity contribution is -0.140. The van der Waals surface area contributed by atoms with Crippen LogP contribution in [0.3, 0.4) is 0 Å². The summed E-state index contributed by atoms with van der Waals surface area (Å²) in [6, 6.07) is 16.4. The number of rotatable bonds is 12. The molecule has 2 aromatic carbocycles. The van der Waals surface area contributed by atoms with Gasteiger partial charge in [-0.3, -0.25) is 9.59 Å². The predicted molar refractivity (Wildman–Crippen MR) is 147 cm³/mol. The van der Waals surface area contributed by atoms with E-state index < -0.39 is 23.8 Å². The Morgan fingerprint density at radius 1 is 1.08 bits per heavy atom. The number of hydrogen-bond donors (Lipinski definition) is 3. The SMILES string of the molecule is CCCCc1nc(Cl)c(C(=O)N[C@H](CO)c2ccccc2)n1Cc1ccc(C(C(=O)O)C2CCCC2)cc1. The molecule has 0 aliphatic heterocycles. The Balaban J connectivity index is 1.60. The van der Waals surface area contributed by atoms with Gasteiger partial charge in [-0.1, -0.05) is 92.4 Å². The summed E-state index contributed by atoms with van der Waals surface area (Å²) >= 11 is 6.52. The molecule has 0 bridgehead atoms. The predicted octanol–water partition coefficient (Wildman–Crippen LogP) is 5.75. The molecule has 1 saturated carbocycles. The number of carboxylic acids is 1. The average molecular weight is 538 g/mol. The van der Waals surface area contributed by atoms with Crippen LogP contribution in [-0.4, -0.2) is 38.2 Å². The van der Waals surface area contributed by atoms with Crippen LogP contribution in [-0.2, 0) is 17.8 Å². The zero-order valence-corrected chi connectivity index (χ0v) is 22.5. The van der Waals surface area contributed by atoms with Gasteiger partial charge >= 0.3 is 5.97 Å². The molecule has 0 saturated heterocycles. The number of carboxylic acid groups (broad SMARTS) is 1. The zero-order valence-electron chi connectivity index (χ0n) is 21.8. The van der Waals surface area contributed by atoms with E-state index in [1.807, 2.05) is 59.2 Å². The Labute approximate surface area is 228 Å². The van der Waals surface area contributed by atoms with Gasteiger partial charge in [-0.05, 0) is 41.9 Å². The molecule has 1 unspecified atom stereocenters. The van der Waals surface area contributed by atoms with Crippen LogP contribution in [0.15, 0.2) is 54.6 Å². The van der Waals surface area contributed by atoms with E-state index in [4.69, 9.17) is 11.6 Å². The van der Waals surface area contributed by atoms with E-state index in [0.29, 0.717) is 13.0 Å². The third kappa shape index (κ3) is 6.45. The van der Waals surface area contributed by atoms with Gasteiger partial charge in [0, 0.05) is 13.0 Å². The number of imidazole rings is 1. The fourth-order valence-corrected chi connectivity index (χ4v) is 5.73. The summed E-state index contributed by atoms with van der Waals surface area (Å²) in [6.07, 6.45) is 6.61. The van der Waals surface area contributed by atoms with Crippen molar-refractivity contribution in [2.24, 2.45) is 5.92 Å². The number of aliphatic carboxylic acids is 1. The van der Waals surface area contributed by atoms with Crippen LogP contribution < -0.4 is 5.32 Å². The van der Waals surface area contributed by atoms with E-state index in [2.05, 4.69) is 17.2 Å². The minimum absolute atomic E-state index is 0.127. The molecule has 1 fully saturated rings. The number of carbonyl (C=O) groups is 2. The molecule has 7 nitrogen and oxygen atoms in total. The second-order valence-electron chi connectivity index (χ2n) is 10.1. The standard InChI is InChI=1S/C30H36ClN3O4/c1-2-3-13-25-33-28(31)27(29(36)32-24(19-35)21-9-5-4-6-10-21)34(25)18-20-14-16-23(17-15-20)26(30(37)38)22-11-7-8-12-22/h4-6,9-10,14-17,22,24,26,35H,2-3,7-8,11-13,18-19H2,1H3,(H,32,36)(H,37,38)/t24-,26?/m1/s1. The Morgan fingerprint density at radius 3 is 2.37 bits per heavy atom. The topological polar surface area (TPSA) is 104 Å². The summed E-state index contributed by atoms with van der Waals surface area (Å²) in [4.78, 5) is 30.0. The average Bonchev–Trinajstić information content (AvgIpc) is 3.55. The Bertz CT molecular complexity index is 1220. The van der Waals surface area contributed by atoms with Gasteiger partial charge in [-0.15, -0.1) is 0 Å². The number of aryl methyl sites for hydroxylation is 1. The van der Waals surface area contributed by atoms with E-state index in [9.17, 15) is 19.8 Å². The molecule has 202 valence electrons. The van der Waals surface area contributed by atoms with Crippen LogP contribution in [0.25, 0.3) is 0 Å². The summed E-state index contributed by atoms with van der Waals surface area (Å²) in [6.45, 7) is 2.21. The lowest BCUT2D eigenvalue weighted by Gasteiger charge is -2.20. The van der Waals surface area contributed by atoms with Crippen LogP contribution in [0, 0.1) is 5.92 Å². The third-order valence-corrected chi connectivity index (χ3v) is 7.74. The van der Waals surface area contributed by atoms with Gasteiger partial charge < -0.3 is 20.1 Å². The molecule has 3 aromatic rings. The monoisotopic (exact) mass is 537 g/mol. The highest BCUT2D eigenvalue weighted by Gasteiger charge is 2.32. The quantitative estimate of drug-likeness (QED) is 0.273. The molecular weight excluding hydrogens is 502 g/mol. The molecular formula is C30H36ClN3O4. The zero-order chi connectivity index (χ0) is 27.1. The number of amides is 1. The first kappa shape index (κ1) is 27.9. The fourth-order valence-electron chi connectivity index (χ4n) is 5.45. The summed E-state index contributed by atoms with van der Waals surface area (Å²) in [7, 11) is 0. The normalized spacial score (nSPS) is 15.3. The first-order valence-electron chi connectivity index (χ1n) is 13.5. The molecule has 1 aliphatic carbocycles. The number of aliphatic hydroxyl groups is 1. The van der Waals surface area contributed by atoms with Gasteiger partial charge in [-0.25, -0.2) is 4.98 Å². The van der Waals surface area contributed by atoms with Gasteiger partial charge in [0.25, 0.3) is 5.91 Å². The first-order chi connectivity index (χ1) is 18.4. The van der Waals surface area contributed by atoms with Crippen LogP contribution >= 0.6 is 11.6 Å². The van der Waals surface area contributed by atoms with E-state index in [1.54, 1.807) is 0 Å². The Morgan fingerprint density at radius 2 is 1.76 bits per heavy atom. The van der Waals surface area contributed by atoms with Crippen molar-refractivity contribution in [3.63, 3.8) is 0 Å². The van der Waals surface area contributed by atoms with Gasteiger partial charge in [-0.2, -0.15) is 0 Å². The molecule has 1 amide bonds. The number of aliphatic hydroxyl groups excluding tert-OH is 1. The largest absolute Gasteiger partial charge is 0.481 e. The van der Waals surface area contributed by atoms with Crippen molar-refractivity contribution in [3.8, 4) is 0 Å². The molecule has 0 spiro atoms. The summed E-state index contributed by atoms with van der Waals surface area (Å²) in [5.74, 6) is -0.781.